The number of ether oxygens (including phenoxy) is 1. The van der Waals surface area contributed by atoms with Crippen molar-refractivity contribution in [1.29, 1.82) is 0 Å². The lowest BCUT2D eigenvalue weighted by Crippen LogP contribution is -2.50. The van der Waals surface area contributed by atoms with Crippen LogP contribution in [0, 0.1) is 56.5 Å². The van der Waals surface area contributed by atoms with Gasteiger partial charge in [-0.15, -0.1) is 0 Å². The highest BCUT2D eigenvalue weighted by atomic mass is 32.2. The molecule has 5 rings (SSSR count). The average molecular weight is 568 g/mol. The van der Waals surface area contributed by atoms with E-state index < -0.39 is 4.92 Å². The van der Waals surface area contributed by atoms with Crippen LogP contribution in [0.15, 0.2) is 35.9 Å². The van der Waals surface area contributed by atoms with E-state index in [1.54, 1.807) is 5.57 Å². The van der Waals surface area contributed by atoms with E-state index in [1.165, 1.54) is 87.4 Å². The first kappa shape index (κ1) is 29.7. The van der Waals surface area contributed by atoms with E-state index in [9.17, 15) is 14.9 Å². The van der Waals surface area contributed by atoms with Crippen molar-refractivity contribution in [2.24, 2.45) is 46.3 Å². The molecule has 0 saturated heterocycles. The number of nitro benzene ring substituents is 1. The Balaban J connectivity index is 1.20. The first-order chi connectivity index (χ1) is 19.0. The number of carbonyl (C=O) groups excluding carboxylic acids is 1. The number of carbonyl (C=O) groups is 1. The minimum absolute atomic E-state index is 0.00569. The summed E-state index contributed by atoms with van der Waals surface area (Å²) >= 11 is 1.30. The molecule has 40 heavy (non-hydrogen) atoms. The molecule has 0 N–H and O–H groups in total. The molecule has 3 saturated carbocycles. The zero-order chi connectivity index (χ0) is 28.7. The fourth-order valence-corrected chi connectivity index (χ4v) is 10.6. The van der Waals surface area contributed by atoms with E-state index in [-0.39, 0.29) is 21.7 Å². The second-order valence-corrected chi connectivity index (χ2v) is 15.6. The highest BCUT2D eigenvalue weighted by Crippen LogP contribution is 2.67. The molecule has 220 valence electrons. The van der Waals surface area contributed by atoms with E-state index in [4.69, 9.17) is 4.74 Å². The molecule has 4 aliphatic carbocycles. The van der Waals surface area contributed by atoms with Crippen LogP contribution in [0.4, 0.5) is 10.5 Å². The van der Waals surface area contributed by atoms with E-state index in [0.29, 0.717) is 11.2 Å². The first-order valence-corrected chi connectivity index (χ1v) is 16.7. The van der Waals surface area contributed by atoms with Crippen LogP contribution in [0.1, 0.15) is 105 Å². The molecule has 0 bridgehead atoms. The van der Waals surface area contributed by atoms with E-state index in [0.717, 1.165) is 54.8 Å². The number of non-ortho nitro benzene ring substituents is 1. The lowest BCUT2D eigenvalue weighted by Gasteiger charge is -2.58. The van der Waals surface area contributed by atoms with Crippen LogP contribution in [0.5, 0.6) is 5.75 Å². The largest absolute Gasteiger partial charge is 0.418 e. The minimum atomic E-state index is -0.449. The number of allylic oxidation sites excluding steroid dienone is 2. The van der Waals surface area contributed by atoms with Gasteiger partial charge in [-0.25, -0.2) is 4.79 Å². The third-order valence-electron chi connectivity index (χ3n) is 11.8. The van der Waals surface area contributed by atoms with Crippen LogP contribution in [0.3, 0.4) is 0 Å². The second kappa shape index (κ2) is 11.8. The molecule has 4 aliphatic rings. The number of hydrogen-bond acceptors (Lipinski definition) is 5. The summed E-state index contributed by atoms with van der Waals surface area (Å²) in [5, 5.41) is 10.8. The Labute approximate surface area is 245 Å². The van der Waals surface area contributed by atoms with Gasteiger partial charge in [0.1, 0.15) is 5.75 Å². The molecule has 0 radical (unpaired) electrons. The van der Waals surface area contributed by atoms with Gasteiger partial charge in [-0.1, -0.05) is 65.5 Å². The molecule has 0 spiro atoms. The van der Waals surface area contributed by atoms with Gasteiger partial charge in [0.15, 0.2) is 0 Å². The maximum atomic E-state index is 12.7. The summed E-state index contributed by atoms with van der Waals surface area (Å²) in [5.41, 5.74) is 2.36. The fourth-order valence-electron chi connectivity index (χ4n) is 9.64. The first-order valence-electron chi connectivity index (χ1n) is 15.8. The second-order valence-electron chi connectivity index (χ2n) is 14.4. The Kier molecular flexibility index (Phi) is 8.76. The summed E-state index contributed by atoms with van der Waals surface area (Å²) in [6, 6.07) is 5.74. The Hall–Kier alpha value is -1.82. The molecule has 0 aromatic heterocycles. The molecule has 6 heteroatoms. The number of fused-ring (bicyclic) bond motifs is 5. The highest BCUT2D eigenvalue weighted by molar-refractivity contribution is 8.13. The van der Waals surface area contributed by atoms with Gasteiger partial charge in [-0.05, 0) is 122 Å². The van der Waals surface area contributed by atoms with Crippen LogP contribution < -0.4 is 4.74 Å². The summed E-state index contributed by atoms with van der Waals surface area (Å²) in [6.45, 7) is 12.5. The maximum Gasteiger partial charge on any atom is 0.372 e. The predicted molar refractivity (Wildman–Crippen MR) is 164 cm³/mol. The van der Waals surface area contributed by atoms with Crippen molar-refractivity contribution < 1.29 is 14.5 Å². The monoisotopic (exact) mass is 567 g/mol. The Morgan fingerprint density at radius 2 is 1.80 bits per heavy atom. The third kappa shape index (κ3) is 5.76. The maximum absolute atomic E-state index is 12.7. The van der Waals surface area contributed by atoms with E-state index in [1.807, 2.05) is 0 Å². The number of thioether (sulfide) groups is 1. The topological polar surface area (TPSA) is 69.4 Å². The minimum Gasteiger partial charge on any atom is -0.418 e. The molecule has 5 nitrogen and oxygen atoms in total. The Morgan fingerprint density at radius 1 is 1.05 bits per heavy atom. The molecular formula is C34H49NO4S. The van der Waals surface area contributed by atoms with Gasteiger partial charge in [0, 0.05) is 17.4 Å². The van der Waals surface area contributed by atoms with Crippen LogP contribution in [-0.4, -0.2) is 15.5 Å². The molecule has 8 atom stereocenters. The van der Waals surface area contributed by atoms with Gasteiger partial charge in [0.2, 0.25) is 0 Å². The molecule has 0 unspecified atom stereocenters. The zero-order valence-electron chi connectivity index (χ0n) is 25.2. The standard InChI is InChI=1S/C34H49NO4S/c1-22(2)7-6-8-23(3)29-15-16-30-28-14-9-24-21-27(17-19-33(24,4)31(28)18-20-34(29,30)5)40-32(36)39-26-12-10-25(11-13-26)35(37)38/h9-13,22-23,27-31H,6-8,14-21H2,1-5H3/t23-,27+,28-,29+,30-,31-,33-,34+/m0/s1. The number of benzene rings is 1. The van der Waals surface area contributed by atoms with Crippen molar-refractivity contribution in [1.82, 2.24) is 0 Å². The molecule has 0 aliphatic heterocycles. The molecule has 1 aromatic rings. The lowest BCUT2D eigenvalue weighted by molar-refractivity contribution is -0.384. The quantitative estimate of drug-likeness (QED) is 0.135. The average Bonchev–Trinajstić information content (AvgIpc) is 3.26. The number of rotatable bonds is 8. The van der Waals surface area contributed by atoms with Crippen molar-refractivity contribution in [2.45, 2.75) is 110 Å². The van der Waals surface area contributed by atoms with Gasteiger partial charge in [-0.3, -0.25) is 10.1 Å². The molecule has 1 aromatic carbocycles. The predicted octanol–water partition coefficient (Wildman–Crippen LogP) is 10.2. The van der Waals surface area contributed by atoms with Crippen LogP contribution in [0.2, 0.25) is 0 Å². The zero-order valence-corrected chi connectivity index (χ0v) is 26.0. The highest BCUT2D eigenvalue weighted by Gasteiger charge is 2.59. The van der Waals surface area contributed by atoms with E-state index >= 15 is 0 Å². The smallest absolute Gasteiger partial charge is 0.372 e. The van der Waals surface area contributed by atoms with Crippen LogP contribution in [-0.2, 0) is 0 Å². The summed E-state index contributed by atoms with van der Waals surface area (Å²) in [5.74, 6) is 5.36. The third-order valence-corrected chi connectivity index (χ3v) is 12.8. The molecule has 0 amide bonds. The molecule has 0 heterocycles. The number of nitro groups is 1. The Morgan fingerprint density at radius 3 is 2.50 bits per heavy atom. The summed E-state index contributed by atoms with van der Waals surface area (Å²) in [6.07, 6.45) is 16.7. The van der Waals surface area contributed by atoms with Gasteiger partial charge in [0.05, 0.1) is 4.92 Å². The van der Waals surface area contributed by atoms with Crippen LogP contribution >= 0.6 is 11.8 Å². The summed E-state index contributed by atoms with van der Waals surface area (Å²) in [7, 11) is 0. The van der Waals surface area contributed by atoms with Crippen molar-refractivity contribution in [3.05, 3.63) is 46.0 Å². The molecule has 3 fully saturated rings. The fraction of sp³-hybridized carbons (Fsp3) is 0.735. The number of nitrogens with zero attached hydrogens (tertiary/aromatic N) is 1. The van der Waals surface area contributed by atoms with Crippen molar-refractivity contribution in [3.63, 3.8) is 0 Å². The SMILES string of the molecule is CC(C)CCC[C@H](C)[C@H]1CC[C@H]2[C@@H]3CC=C4C[C@H](SC(=O)Oc5ccc([N+](=O)[O-])cc5)CC[C@]4(C)[C@H]3CC[C@]12C. The van der Waals surface area contributed by atoms with Gasteiger partial charge in [0.25, 0.3) is 5.69 Å². The van der Waals surface area contributed by atoms with Crippen molar-refractivity contribution >= 4 is 22.8 Å². The van der Waals surface area contributed by atoms with Crippen molar-refractivity contribution in [3.8, 4) is 5.75 Å². The van der Waals surface area contributed by atoms with Gasteiger partial charge >= 0.3 is 5.30 Å². The van der Waals surface area contributed by atoms with E-state index in [2.05, 4.69) is 40.7 Å². The summed E-state index contributed by atoms with van der Waals surface area (Å²) in [4.78, 5) is 23.1. The van der Waals surface area contributed by atoms with Crippen LogP contribution in [0.25, 0.3) is 0 Å². The van der Waals surface area contributed by atoms with Gasteiger partial charge in [-0.2, -0.15) is 0 Å². The summed E-state index contributed by atoms with van der Waals surface area (Å²) < 4.78 is 5.50. The van der Waals surface area contributed by atoms with Gasteiger partial charge < -0.3 is 4.74 Å². The number of hydrogen-bond donors (Lipinski definition) is 0. The van der Waals surface area contributed by atoms with Crippen molar-refractivity contribution in [2.75, 3.05) is 0 Å². The lowest BCUT2D eigenvalue weighted by atomic mass is 9.47. The molecular weight excluding hydrogens is 518 g/mol. The Bertz CT molecular complexity index is 1120. The normalized spacial score (nSPS) is 35.8.